The van der Waals surface area contributed by atoms with Gasteiger partial charge in [0.15, 0.2) is 6.10 Å². The minimum absolute atomic E-state index is 0.00536. The summed E-state index contributed by atoms with van der Waals surface area (Å²) in [6.45, 7) is 6.22. The minimum atomic E-state index is -2.08. The van der Waals surface area contributed by atoms with E-state index in [1.165, 1.54) is 13.8 Å². The molecule has 1 N–H and O–H groups in total. The quantitative estimate of drug-likeness (QED) is 0.335. The van der Waals surface area contributed by atoms with Crippen molar-refractivity contribution in [2.45, 2.75) is 50.0 Å². The van der Waals surface area contributed by atoms with E-state index in [1.807, 2.05) is 13.8 Å². The number of carbonyl (C=O) groups is 2. The van der Waals surface area contributed by atoms with Gasteiger partial charge in [0.2, 0.25) is 12.2 Å². The molecule has 1 saturated heterocycles. The summed E-state index contributed by atoms with van der Waals surface area (Å²) in [6, 6.07) is 0. The molecule has 1 rings (SSSR count). The molecule has 0 saturated carbocycles. The fraction of sp³-hybridized carbons (Fsp3) is 0.786. The summed E-state index contributed by atoms with van der Waals surface area (Å²) in [5, 5.41) is 7.68. The van der Waals surface area contributed by atoms with Crippen molar-refractivity contribution in [3.05, 3.63) is 0 Å². The molecule has 1 heterocycles. The third-order valence-corrected chi connectivity index (χ3v) is 4.27. The summed E-state index contributed by atoms with van der Waals surface area (Å²) in [7, 11) is 0. The van der Waals surface area contributed by atoms with E-state index in [0.717, 1.165) is 0 Å². The molecule has 1 aliphatic rings. The summed E-state index contributed by atoms with van der Waals surface area (Å²) >= 11 is 16.8. The maximum absolute atomic E-state index is 11.4. The first kappa shape index (κ1) is 21.3. The Hall–Kier alpha value is -0.760. The highest BCUT2D eigenvalue weighted by Gasteiger charge is 2.46. The topological polar surface area (TPSA) is 94.9 Å². The second-order valence-electron chi connectivity index (χ2n) is 5.58. The Bertz CT molecular complexity index is 493. The lowest BCUT2D eigenvalue weighted by Gasteiger charge is -2.43. The number of carbonyl (C=O) groups excluding carboxylic acids is 2. The van der Waals surface area contributed by atoms with Gasteiger partial charge in [-0.1, -0.05) is 48.7 Å². The van der Waals surface area contributed by atoms with E-state index in [2.05, 4.69) is 0 Å². The third kappa shape index (κ3) is 5.95. The van der Waals surface area contributed by atoms with Gasteiger partial charge in [-0.2, -0.15) is 0 Å². The van der Waals surface area contributed by atoms with Crippen LogP contribution in [0.1, 0.15) is 27.7 Å². The van der Waals surface area contributed by atoms with Crippen LogP contribution in [0.5, 0.6) is 0 Å². The van der Waals surface area contributed by atoms with Gasteiger partial charge in [-0.15, -0.1) is 0 Å². The number of nitrogens with one attached hydrogen (secondary N) is 1. The first-order valence-corrected chi connectivity index (χ1v) is 8.35. The van der Waals surface area contributed by atoms with Gasteiger partial charge in [-0.05, 0) is 5.92 Å². The van der Waals surface area contributed by atoms with Gasteiger partial charge < -0.3 is 18.9 Å². The molecule has 0 aromatic heterocycles. The summed E-state index contributed by atoms with van der Waals surface area (Å²) in [6.07, 6.45) is -2.49. The standard InChI is InChI=1S/C14H20Cl3NO6/c1-6-7(2)11(22-9(4)20)12(24-13(18)14(15,16)17)23-10(6)5-21-8(3)19/h6-7,10-12,18H,5H2,1-4H3/t6-,7-,10?,11?,12?/m0/s1. The molecule has 1 aliphatic heterocycles. The van der Waals surface area contributed by atoms with Gasteiger partial charge in [0.25, 0.3) is 3.79 Å². The molecule has 3 unspecified atom stereocenters. The van der Waals surface area contributed by atoms with Crippen LogP contribution in [-0.4, -0.2) is 46.7 Å². The van der Waals surface area contributed by atoms with Crippen molar-refractivity contribution in [3.8, 4) is 0 Å². The summed E-state index contributed by atoms with van der Waals surface area (Å²) in [5.74, 6) is -1.98. The van der Waals surface area contributed by atoms with Gasteiger partial charge >= 0.3 is 11.9 Å². The van der Waals surface area contributed by atoms with Gasteiger partial charge in [0, 0.05) is 19.8 Å². The minimum Gasteiger partial charge on any atom is -0.463 e. The molecule has 0 aliphatic carbocycles. The van der Waals surface area contributed by atoms with E-state index in [0.29, 0.717) is 0 Å². The third-order valence-electron chi connectivity index (χ3n) is 3.76. The molecule has 0 bridgehead atoms. The van der Waals surface area contributed by atoms with Gasteiger partial charge in [0.05, 0.1) is 6.10 Å². The zero-order valence-electron chi connectivity index (χ0n) is 13.7. The molecule has 0 aromatic carbocycles. The second kappa shape index (κ2) is 8.56. The average molecular weight is 405 g/mol. The summed E-state index contributed by atoms with van der Waals surface area (Å²) in [4.78, 5) is 22.4. The first-order chi connectivity index (χ1) is 10.9. The smallest absolute Gasteiger partial charge is 0.303 e. The fourth-order valence-corrected chi connectivity index (χ4v) is 2.42. The number of hydrogen-bond donors (Lipinski definition) is 1. The van der Waals surface area contributed by atoms with Crippen LogP contribution < -0.4 is 0 Å². The number of alkyl halides is 3. The highest BCUT2D eigenvalue weighted by atomic mass is 35.6. The Labute approximate surface area is 155 Å². The summed E-state index contributed by atoms with van der Waals surface area (Å²) < 4.78 is 19.1. The Morgan fingerprint density at radius 2 is 1.67 bits per heavy atom. The predicted molar refractivity (Wildman–Crippen MR) is 88.3 cm³/mol. The first-order valence-electron chi connectivity index (χ1n) is 7.22. The van der Waals surface area contributed by atoms with E-state index in [-0.39, 0.29) is 18.4 Å². The van der Waals surface area contributed by atoms with Crippen LogP contribution >= 0.6 is 34.8 Å². The van der Waals surface area contributed by atoms with Crippen LogP contribution in [-0.2, 0) is 28.5 Å². The average Bonchev–Trinajstić information content (AvgIpc) is 2.43. The molecule has 0 spiro atoms. The van der Waals surface area contributed by atoms with Crippen LogP contribution in [0.2, 0.25) is 0 Å². The fourth-order valence-electron chi connectivity index (χ4n) is 2.28. The normalized spacial score (nSPS) is 30.4. The van der Waals surface area contributed by atoms with Crippen molar-refractivity contribution in [2.75, 3.05) is 6.61 Å². The number of halogens is 3. The highest BCUT2D eigenvalue weighted by molar-refractivity contribution is 6.76. The number of esters is 2. The Morgan fingerprint density at radius 3 is 2.12 bits per heavy atom. The summed E-state index contributed by atoms with van der Waals surface area (Å²) in [5.41, 5.74) is 0. The van der Waals surface area contributed by atoms with Crippen LogP contribution in [0, 0.1) is 17.2 Å². The van der Waals surface area contributed by atoms with E-state index in [1.54, 1.807) is 0 Å². The van der Waals surface area contributed by atoms with Crippen LogP contribution in [0.4, 0.5) is 0 Å². The molecule has 1 fully saturated rings. The number of ether oxygens (including phenoxy) is 4. The maximum Gasteiger partial charge on any atom is 0.303 e. The van der Waals surface area contributed by atoms with Crippen molar-refractivity contribution < 1.29 is 28.5 Å². The van der Waals surface area contributed by atoms with Crippen molar-refractivity contribution in [1.29, 1.82) is 5.41 Å². The second-order valence-corrected chi connectivity index (χ2v) is 7.86. The monoisotopic (exact) mass is 403 g/mol. The molecule has 0 radical (unpaired) electrons. The largest absolute Gasteiger partial charge is 0.463 e. The Kier molecular flexibility index (Phi) is 7.59. The molecular formula is C14H20Cl3NO6. The highest BCUT2D eigenvalue weighted by Crippen LogP contribution is 2.36. The lowest BCUT2D eigenvalue weighted by Crippen LogP contribution is -2.54. The van der Waals surface area contributed by atoms with Crippen LogP contribution in [0.3, 0.4) is 0 Å². The van der Waals surface area contributed by atoms with Gasteiger partial charge in [0.1, 0.15) is 6.61 Å². The van der Waals surface area contributed by atoms with Gasteiger partial charge in [-0.3, -0.25) is 15.0 Å². The molecular weight excluding hydrogens is 385 g/mol. The molecule has 5 atom stereocenters. The number of hydrogen-bond acceptors (Lipinski definition) is 7. The van der Waals surface area contributed by atoms with E-state index >= 15 is 0 Å². The molecule has 0 amide bonds. The van der Waals surface area contributed by atoms with Crippen molar-refractivity contribution in [2.24, 2.45) is 11.8 Å². The molecule has 0 aromatic rings. The van der Waals surface area contributed by atoms with Crippen molar-refractivity contribution >= 4 is 52.6 Å². The number of rotatable bonds is 4. The molecule has 10 heteroatoms. The van der Waals surface area contributed by atoms with Crippen LogP contribution in [0.25, 0.3) is 0 Å². The predicted octanol–water partition coefficient (Wildman–Crippen LogP) is 2.84. The van der Waals surface area contributed by atoms with Crippen molar-refractivity contribution in [1.82, 2.24) is 0 Å². The van der Waals surface area contributed by atoms with Crippen molar-refractivity contribution in [3.63, 3.8) is 0 Å². The molecule has 24 heavy (non-hydrogen) atoms. The van der Waals surface area contributed by atoms with E-state index in [4.69, 9.17) is 59.2 Å². The molecule has 138 valence electrons. The maximum atomic E-state index is 11.4. The Morgan fingerprint density at radius 1 is 1.08 bits per heavy atom. The van der Waals surface area contributed by atoms with Crippen LogP contribution in [0.15, 0.2) is 0 Å². The lowest BCUT2D eigenvalue weighted by molar-refractivity contribution is -0.258. The molecule has 7 nitrogen and oxygen atoms in total. The van der Waals surface area contributed by atoms with E-state index < -0.39 is 40.1 Å². The lowest BCUT2D eigenvalue weighted by atomic mass is 9.83. The zero-order chi connectivity index (χ0) is 18.7. The Balaban J connectivity index is 2.95. The zero-order valence-corrected chi connectivity index (χ0v) is 15.9. The van der Waals surface area contributed by atoms with Gasteiger partial charge in [-0.25, -0.2) is 0 Å². The SMILES string of the molecule is CC(=O)OCC1OC(OC(=N)C(Cl)(Cl)Cl)C(OC(C)=O)[C@@H](C)[C@@H]1C. The van der Waals surface area contributed by atoms with E-state index in [9.17, 15) is 9.59 Å².